The third-order valence-electron chi connectivity index (χ3n) is 2.84. The average molecular weight is 266 g/mol. The van der Waals surface area contributed by atoms with Crippen LogP contribution in [0.2, 0.25) is 0 Å². The lowest BCUT2D eigenvalue weighted by atomic mass is 9.78. The lowest BCUT2D eigenvalue weighted by Gasteiger charge is -2.27. The summed E-state index contributed by atoms with van der Waals surface area (Å²) >= 11 is 1.28. The molecule has 0 aliphatic heterocycles. The first-order valence-corrected chi connectivity index (χ1v) is 6.40. The monoisotopic (exact) mass is 266 g/mol. The van der Waals surface area contributed by atoms with Gasteiger partial charge in [0.15, 0.2) is 11.5 Å². The molecule has 0 aromatic carbocycles. The van der Waals surface area contributed by atoms with Crippen molar-refractivity contribution in [1.29, 1.82) is 0 Å². The van der Waals surface area contributed by atoms with Gasteiger partial charge < -0.3 is 5.11 Å². The fourth-order valence-corrected chi connectivity index (χ4v) is 2.15. The zero-order valence-corrected chi connectivity index (χ0v) is 11.3. The Bertz CT molecular complexity index is 545. The van der Waals surface area contributed by atoms with Crippen LogP contribution in [-0.2, 0) is 4.79 Å². The normalized spacial score (nSPS) is 19.8. The molecule has 1 heterocycles. The maximum absolute atomic E-state index is 12.1. The van der Waals surface area contributed by atoms with Crippen LogP contribution in [0, 0.1) is 12.3 Å². The molecule has 0 saturated heterocycles. The molecule has 0 atom stereocenters. The van der Waals surface area contributed by atoms with Gasteiger partial charge in [-0.1, -0.05) is 25.2 Å². The van der Waals surface area contributed by atoms with Crippen LogP contribution in [0.5, 0.6) is 0 Å². The molecule has 7 heteroatoms. The topological polar surface area (TPSA) is 87.8 Å². The Morgan fingerprint density at radius 1 is 1.33 bits per heavy atom. The molecule has 1 aliphatic carbocycles. The summed E-state index contributed by atoms with van der Waals surface area (Å²) in [4.78, 5) is 12.1. The van der Waals surface area contributed by atoms with Crippen LogP contribution in [0.15, 0.2) is 21.7 Å². The highest BCUT2D eigenvalue weighted by molar-refractivity contribution is 7.14. The van der Waals surface area contributed by atoms with Crippen molar-refractivity contribution in [2.24, 2.45) is 15.6 Å². The molecular weight excluding hydrogens is 252 g/mol. The summed E-state index contributed by atoms with van der Waals surface area (Å²) in [6.07, 6.45) is 1.07. The Hall–Kier alpha value is -1.63. The van der Waals surface area contributed by atoms with Crippen molar-refractivity contribution >= 4 is 22.3 Å². The summed E-state index contributed by atoms with van der Waals surface area (Å²) in [5.74, 6) is -0.180. The number of carbonyl (C=O) groups excluding carboxylic acids is 1. The van der Waals surface area contributed by atoms with E-state index in [0.717, 1.165) is 5.01 Å². The van der Waals surface area contributed by atoms with E-state index in [9.17, 15) is 9.90 Å². The molecule has 18 heavy (non-hydrogen) atoms. The van der Waals surface area contributed by atoms with Crippen LogP contribution in [-0.4, -0.2) is 21.1 Å². The minimum atomic E-state index is -0.502. The van der Waals surface area contributed by atoms with Gasteiger partial charge in [-0.05, 0) is 13.3 Å². The van der Waals surface area contributed by atoms with Crippen molar-refractivity contribution < 1.29 is 9.90 Å². The fraction of sp³-hybridized carbons (Fsp3) is 0.545. The summed E-state index contributed by atoms with van der Waals surface area (Å²) < 4.78 is 0. The van der Waals surface area contributed by atoms with E-state index in [1.165, 1.54) is 11.3 Å². The summed E-state index contributed by atoms with van der Waals surface area (Å²) in [6.45, 7) is 5.49. The zero-order valence-electron chi connectivity index (χ0n) is 10.5. The minimum absolute atomic E-state index is 0.00399. The first-order chi connectivity index (χ1) is 8.40. The lowest BCUT2D eigenvalue weighted by Crippen LogP contribution is -2.29. The van der Waals surface area contributed by atoms with Crippen molar-refractivity contribution in [3.8, 4) is 0 Å². The van der Waals surface area contributed by atoms with Gasteiger partial charge in [-0.25, -0.2) is 0 Å². The van der Waals surface area contributed by atoms with Gasteiger partial charge in [0.25, 0.3) is 5.13 Å². The summed E-state index contributed by atoms with van der Waals surface area (Å²) in [5.41, 5.74) is -0.462. The van der Waals surface area contributed by atoms with Gasteiger partial charge in [-0.15, -0.1) is 20.4 Å². The second-order valence-corrected chi connectivity index (χ2v) is 5.97. The molecule has 0 radical (unpaired) electrons. The van der Waals surface area contributed by atoms with E-state index < -0.39 is 5.41 Å². The summed E-state index contributed by atoms with van der Waals surface area (Å²) in [6, 6.07) is 0. The molecule has 1 aromatic heterocycles. The number of rotatable bonds is 2. The third-order valence-corrected chi connectivity index (χ3v) is 3.56. The van der Waals surface area contributed by atoms with Crippen molar-refractivity contribution in [3.63, 3.8) is 0 Å². The van der Waals surface area contributed by atoms with E-state index in [2.05, 4.69) is 20.4 Å². The molecule has 0 spiro atoms. The van der Waals surface area contributed by atoms with Crippen LogP contribution in [0.25, 0.3) is 0 Å². The van der Waals surface area contributed by atoms with Crippen molar-refractivity contribution in [2.75, 3.05) is 0 Å². The number of carbonyl (C=O) groups is 1. The number of Topliss-reactive ketones (excluding diaryl/α,β-unsaturated/α-hetero) is 1. The first kappa shape index (κ1) is 12.8. The van der Waals surface area contributed by atoms with Crippen LogP contribution in [0.1, 0.15) is 31.7 Å². The average Bonchev–Trinajstić information content (AvgIpc) is 2.71. The zero-order chi connectivity index (χ0) is 13.3. The smallest absolute Gasteiger partial charge is 0.251 e. The van der Waals surface area contributed by atoms with E-state index in [4.69, 9.17) is 0 Å². The van der Waals surface area contributed by atoms with Gasteiger partial charge in [0.1, 0.15) is 10.8 Å². The maximum Gasteiger partial charge on any atom is 0.251 e. The fourth-order valence-electron chi connectivity index (χ4n) is 1.64. The first-order valence-electron chi connectivity index (χ1n) is 5.59. The molecule has 96 valence electrons. The van der Waals surface area contributed by atoms with Crippen LogP contribution < -0.4 is 0 Å². The quantitative estimate of drug-likeness (QED) is 0.833. The molecule has 0 fully saturated rings. The highest BCUT2D eigenvalue weighted by Gasteiger charge is 2.36. The van der Waals surface area contributed by atoms with Gasteiger partial charge in [0.05, 0.1) is 0 Å². The SMILES string of the molecule is Cc1nnc(N=NC2=C(O)CCC(C)(C)C2=O)s1. The molecule has 0 saturated carbocycles. The van der Waals surface area contributed by atoms with E-state index >= 15 is 0 Å². The second kappa shape index (κ2) is 4.56. The highest BCUT2D eigenvalue weighted by atomic mass is 32.1. The second-order valence-electron chi connectivity index (χ2n) is 4.81. The highest BCUT2D eigenvalue weighted by Crippen LogP contribution is 2.35. The number of aliphatic hydroxyl groups is 1. The Balaban J connectivity index is 2.27. The van der Waals surface area contributed by atoms with Gasteiger partial charge >= 0.3 is 0 Å². The molecule has 6 nitrogen and oxygen atoms in total. The molecule has 1 aliphatic rings. The van der Waals surface area contributed by atoms with Crippen molar-refractivity contribution in [2.45, 2.75) is 33.6 Å². The Kier molecular flexibility index (Phi) is 3.25. The number of nitrogens with zero attached hydrogens (tertiary/aromatic N) is 4. The molecule has 2 rings (SSSR count). The predicted octanol–water partition coefficient (Wildman–Crippen LogP) is 3.09. The number of aryl methyl sites for hydroxylation is 1. The molecule has 0 bridgehead atoms. The molecular formula is C11H14N4O2S. The number of allylic oxidation sites excluding steroid dienone is 2. The van der Waals surface area contributed by atoms with Crippen LogP contribution in [0.4, 0.5) is 5.13 Å². The summed E-state index contributed by atoms with van der Waals surface area (Å²) in [5, 5.41) is 26.1. The predicted molar refractivity (Wildman–Crippen MR) is 66.8 cm³/mol. The maximum atomic E-state index is 12.1. The number of aliphatic hydroxyl groups excluding tert-OH is 1. The van der Waals surface area contributed by atoms with Gasteiger partial charge in [0.2, 0.25) is 0 Å². The minimum Gasteiger partial charge on any atom is -0.510 e. The van der Waals surface area contributed by atoms with E-state index in [-0.39, 0.29) is 17.2 Å². The van der Waals surface area contributed by atoms with Crippen LogP contribution >= 0.6 is 11.3 Å². The standard InChI is InChI=1S/C11H14N4O2S/c1-6-12-14-10(18-6)15-13-8-7(16)4-5-11(2,3)9(8)17/h16H,4-5H2,1-3H3. The number of ketones is 1. The van der Waals surface area contributed by atoms with Gasteiger partial charge in [-0.2, -0.15) is 0 Å². The van der Waals surface area contributed by atoms with Gasteiger partial charge in [-0.3, -0.25) is 4.79 Å². The Morgan fingerprint density at radius 3 is 2.67 bits per heavy atom. The van der Waals surface area contributed by atoms with Crippen LogP contribution in [0.3, 0.4) is 0 Å². The van der Waals surface area contributed by atoms with E-state index in [1.807, 2.05) is 20.8 Å². The molecule has 1 aromatic rings. The largest absolute Gasteiger partial charge is 0.510 e. The van der Waals surface area contributed by atoms with E-state index in [0.29, 0.717) is 18.0 Å². The van der Waals surface area contributed by atoms with Gasteiger partial charge in [0, 0.05) is 11.8 Å². The Morgan fingerprint density at radius 2 is 2.06 bits per heavy atom. The number of hydrogen-bond donors (Lipinski definition) is 1. The summed E-state index contributed by atoms with van der Waals surface area (Å²) in [7, 11) is 0. The third kappa shape index (κ3) is 2.45. The van der Waals surface area contributed by atoms with Crippen molar-refractivity contribution in [1.82, 2.24) is 10.2 Å². The number of aromatic nitrogens is 2. The Labute approximate surface area is 108 Å². The molecule has 0 amide bonds. The van der Waals surface area contributed by atoms with Crippen molar-refractivity contribution in [3.05, 3.63) is 16.5 Å². The van der Waals surface area contributed by atoms with E-state index in [1.54, 1.807) is 0 Å². The number of azo groups is 1. The molecule has 1 N–H and O–H groups in total. The lowest BCUT2D eigenvalue weighted by molar-refractivity contribution is -0.124. The number of hydrogen-bond acceptors (Lipinski definition) is 7. The molecule has 0 unspecified atom stereocenters.